The molecular weight excluding hydrogens is 337 g/mol. The van der Waals surface area contributed by atoms with Crippen LogP contribution in [0.2, 0.25) is 0 Å². The second-order valence-corrected chi connectivity index (χ2v) is 7.13. The Morgan fingerprint density at radius 2 is 1.92 bits per heavy atom. The number of rotatable bonds is 4. The smallest absolute Gasteiger partial charge is 0.246 e. The number of ether oxygens (including phenoxy) is 2. The van der Waals surface area contributed by atoms with E-state index in [9.17, 15) is 12.8 Å². The minimum atomic E-state index is -4.03. The van der Waals surface area contributed by atoms with Gasteiger partial charge in [-0.3, -0.25) is 0 Å². The average molecular weight is 353 g/mol. The molecule has 7 nitrogen and oxygen atoms in total. The third-order valence-corrected chi connectivity index (χ3v) is 5.75. The maximum absolute atomic E-state index is 14.3. The molecule has 128 valence electrons. The predicted octanol–water partition coefficient (Wildman–Crippen LogP) is 1.38. The van der Waals surface area contributed by atoms with Crippen molar-refractivity contribution in [1.82, 2.24) is 14.3 Å². The molecule has 1 aliphatic heterocycles. The van der Waals surface area contributed by atoms with Gasteiger partial charge in [0.1, 0.15) is 17.0 Å². The first-order chi connectivity index (χ1) is 11.5. The Bertz CT molecular complexity index is 873. The standard InChI is InChI=1S/C15H16FN3O4S/c1-22-13-5-11(16)15(6-14(13)23-2)24(20,21)19-4-3-10-7-17-9-18-12(10)8-19/h5-7,9H,3-4,8H2,1-2H3. The molecule has 1 aromatic heterocycles. The van der Waals surface area contributed by atoms with E-state index in [2.05, 4.69) is 9.97 Å². The van der Waals surface area contributed by atoms with Crippen LogP contribution in [-0.2, 0) is 23.0 Å². The molecule has 0 aliphatic carbocycles. The summed E-state index contributed by atoms with van der Waals surface area (Å²) in [6.07, 6.45) is 3.51. The van der Waals surface area contributed by atoms with Gasteiger partial charge in [-0.05, 0) is 12.0 Å². The highest BCUT2D eigenvalue weighted by Gasteiger charge is 2.32. The summed E-state index contributed by atoms with van der Waals surface area (Å²) in [6, 6.07) is 2.14. The van der Waals surface area contributed by atoms with Crippen LogP contribution in [0, 0.1) is 5.82 Å². The number of methoxy groups -OCH3 is 2. The lowest BCUT2D eigenvalue weighted by atomic mass is 10.1. The first kappa shape index (κ1) is 16.6. The van der Waals surface area contributed by atoms with E-state index in [1.807, 2.05) is 0 Å². The van der Waals surface area contributed by atoms with Gasteiger partial charge in [0.2, 0.25) is 10.0 Å². The van der Waals surface area contributed by atoms with Crippen molar-refractivity contribution in [3.05, 3.63) is 41.7 Å². The fraction of sp³-hybridized carbons (Fsp3) is 0.333. The molecule has 0 spiro atoms. The van der Waals surface area contributed by atoms with Crippen molar-refractivity contribution < 1.29 is 22.3 Å². The van der Waals surface area contributed by atoms with E-state index >= 15 is 0 Å². The van der Waals surface area contributed by atoms with Gasteiger partial charge >= 0.3 is 0 Å². The van der Waals surface area contributed by atoms with Crippen LogP contribution < -0.4 is 9.47 Å². The highest BCUT2D eigenvalue weighted by Crippen LogP contribution is 2.34. The molecule has 24 heavy (non-hydrogen) atoms. The molecule has 0 unspecified atom stereocenters. The quantitative estimate of drug-likeness (QED) is 0.826. The number of halogens is 1. The Hall–Kier alpha value is -2.26. The SMILES string of the molecule is COc1cc(F)c(S(=O)(=O)N2CCc3cncnc3C2)cc1OC. The number of nitrogens with zero attached hydrogens (tertiary/aromatic N) is 3. The van der Waals surface area contributed by atoms with Crippen LogP contribution in [0.5, 0.6) is 11.5 Å². The van der Waals surface area contributed by atoms with Crippen molar-refractivity contribution >= 4 is 10.0 Å². The minimum absolute atomic E-state index is 0.0774. The van der Waals surface area contributed by atoms with Crippen molar-refractivity contribution in [3.63, 3.8) is 0 Å². The third-order valence-electron chi connectivity index (χ3n) is 3.89. The molecule has 2 heterocycles. The normalized spacial score (nSPS) is 15.0. The van der Waals surface area contributed by atoms with E-state index in [1.165, 1.54) is 24.9 Å². The van der Waals surface area contributed by atoms with E-state index in [0.717, 1.165) is 17.7 Å². The van der Waals surface area contributed by atoms with Crippen molar-refractivity contribution in [2.75, 3.05) is 20.8 Å². The number of hydrogen-bond donors (Lipinski definition) is 0. The van der Waals surface area contributed by atoms with Crippen molar-refractivity contribution in [2.24, 2.45) is 0 Å². The lowest BCUT2D eigenvalue weighted by Crippen LogP contribution is -2.37. The molecule has 0 saturated carbocycles. The number of hydrogen-bond acceptors (Lipinski definition) is 6. The van der Waals surface area contributed by atoms with Gasteiger partial charge < -0.3 is 9.47 Å². The van der Waals surface area contributed by atoms with Gasteiger partial charge in [0.05, 0.1) is 26.5 Å². The molecule has 0 bridgehead atoms. The number of fused-ring (bicyclic) bond motifs is 1. The summed E-state index contributed by atoms with van der Waals surface area (Å²) < 4.78 is 51.3. The van der Waals surface area contributed by atoms with Crippen LogP contribution in [0.3, 0.4) is 0 Å². The maximum Gasteiger partial charge on any atom is 0.246 e. The van der Waals surface area contributed by atoms with Crippen LogP contribution in [0.15, 0.2) is 29.6 Å². The molecule has 2 aromatic rings. The molecule has 0 radical (unpaired) electrons. The van der Waals surface area contributed by atoms with Crippen LogP contribution in [0.25, 0.3) is 0 Å². The van der Waals surface area contributed by atoms with E-state index in [4.69, 9.17) is 9.47 Å². The van der Waals surface area contributed by atoms with Crippen LogP contribution in [-0.4, -0.2) is 43.5 Å². The minimum Gasteiger partial charge on any atom is -0.493 e. The molecule has 1 aliphatic rings. The van der Waals surface area contributed by atoms with Crippen LogP contribution in [0.4, 0.5) is 4.39 Å². The molecule has 3 rings (SSSR count). The summed E-state index contributed by atoms with van der Waals surface area (Å²) in [7, 11) is -1.32. The topological polar surface area (TPSA) is 81.6 Å². The summed E-state index contributed by atoms with van der Waals surface area (Å²) in [5.74, 6) is -0.607. The third kappa shape index (κ3) is 2.80. The Labute approximate surface area is 139 Å². The molecule has 0 fully saturated rings. The zero-order chi connectivity index (χ0) is 17.3. The van der Waals surface area contributed by atoms with Gasteiger partial charge in [0.25, 0.3) is 0 Å². The summed E-state index contributed by atoms with van der Waals surface area (Å²) in [4.78, 5) is 7.59. The van der Waals surface area contributed by atoms with Gasteiger partial charge in [0, 0.05) is 24.9 Å². The van der Waals surface area contributed by atoms with Gasteiger partial charge in [-0.25, -0.2) is 22.8 Å². The molecular formula is C15H16FN3O4S. The lowest BCUT2D eigenvalue weighted by molar-refractivity contribution is 0.348. The van der Waals surface area contributed by atoms with Crippen LogP contribution in [0.1, 0.15) is 11.3 Å². The Morgan fingerprint density at radius 1 is 1.21 bits per heavy atom. The summed E-state index contributed by atoms with van der Waals surface area (Å²) in [5.41, 5.74) is 1.53. The summed E-state index contributed by atoms with van der Waals surface area (Å²) in [6.45, 7) is 0.310. The van der Waals surface area contributed by atoms with E-state index in [0.29, 0.717) is 12.1 Å². The molecule has 1 aromatic carbocycles. The zero-order valence-corrected chi connectivity index (χ0v) is 14.0. The molecule has 0 atom stereocenters. The summed E-state index contributed by atoms with van der Waals surface area (Å²) >= 11 is 0. The second kappa shape index (κ2) is 6.33. The lowest BCUT2D eigenvalue weighted by Gasteiger charge is -2.27. The highest BCUT2D eigenvalue weighted by atomic mass is 32.2. The maximum atomic E-state index is 14.3. The second-order valence-electron chi connectivity index (χ2n) is 5.22. The monoisotopic (exact) mass is 353 g/mol. The first-order valence-electron chi connectivity index (χ1n) is 7.16. The van der Waals surface area contributed by atoms with Crippen molar-refractivity contribution in [1.29, 1.82) is 0 Å². The van der Waals surface area contributed by atoms with E-state index < -0.39 is 20.7 Å². The molecule has 0 N–H and O–H groups in total. The van der Waals surface area contributed by atoms with Gasteiger partial charge in [-0.15, -0.1) is 0 Å². The molecule has 0 amide bonds. The van der Waals surface area contributed by atoms with Gasteiger partial charge in [0.15, 0.2) is 11.5 Å². The average Bonchev–Trinajstić information content (AvgIpc) is 2.60. The summed E-state index contributed by atoms with van der Waals surface area (Å²) in [5, 5.41) is 0. The Balaban J connectivity index is 2.00. The molecule has 0 saturated heterocycles. The zero-order valence-electron chi connectivity index (χ0n) is 13.2. The Morgan fingerprint density at radius 3 is 2.62 bits per heavy atom. The largest absolute Gasteiger partial charge is 0.493 e. The van der Waals surface area contributed by atoms with E-state index in [1.54, 1.807) is 6.20 Å². The Kier molecular flexibility index (Phi) is 4.37. The first-order valence-corrected chi connectivity index (χ1v) is 8.60. The van der Waals surface area contributed by atoms with E-state index in [-0.39, 0.29) is 24.6 Å². The highest BCUT2D eigenvalue weighted by molar-refractivity contribution is 7.89. The van der Waals surface area contributed by atoms with Gasteiger partial charge in [-0.1, -0.05) is 0 Å². The fourth-order valence-corrected chi connectivity index (χ4v) is 4.07. The van der Waals surface area contributed by atoms with Crippen molar-refractivity contribution in [2.45, 2.75) is 17.9 Å². The number of aromatic nitrogens is 2. The molecule has 9 heteroatoms. The number of benzene rings is 1. The predicted molar refractivity (Wildman–Crippen MR) is 82.8 cm³/mol. The van der Waals surface area contributed by atoms with Gasteiger partial charge in [-0.2, -0.15) is 4.31 Å². The van der Waals surface area contributed by atoms with Crippen molar-refractivity contribution in [3.8, 4) is 11.5 Å². The van der Waals surface area contributed by atoms with Crippen LogP contribution >= 0.6 is 0 Å². The number of sulfonamides is 1. The fourth-order valence-electron chi connectivity index (χ4n) is 2.60.